The Morgan fingerprint density at radius 3 is 2.23 bits per heavy atom. The highest BCUT2D eigenvalue weighted by atomic mass is 35.5. The van der Waals surface area contributed by atoms with E-state index < -0.39 is 23.5 Å². The third kappa shape index (κ3) is 4.45. The lowest BCUT2D eigenvalue weighted by Crippen LogP contribution is -2.29. The smallest absolute Gasteiger partial charge is 0.300 e. The van der Waals surface area contributed by atoms with Crippen LogP contribution in [0.5, 0.6) is 11.5 Å². The number of carbonyl (C=O) groups excluding carboxylic acids is 2. The molecule has 6 nitrogen and oxygen atoms in total. The summed E-state index contributed by atoms with van der Waals surface area (Å²) in [7, 11) is 2.82. The second kappa shape index (κ2) is 9.82. The molecule has 0 bridgehead atoms. The van der Waals surface area contributed by atoms with Gasteiger partial charge < -0.3 is 14.6 Å². The van der Waals surface area contributed by atoms with Crippen LogP contribution in [-0.2, 0) is 9.59 Å². The Morgan fingerprint density at radius 2 is 1.60 bits per heavy atom. The standard InChI is InChI=1S/C26H20Cl3NO5/c1-13-5-4-6-15(9-13)30-23(14-7-8-17(27)18(28)10-14)22(25(32)26(30)33)24(31)16-11-21(35-3)19(29)12-20(16)34-2/h4-12,23,31H,1-3H3/b24-22+. The number of halogens is 3. The fraction of sp³-hybridized carbons (Fsp3) is 0.154. The van der Waals surface area contributed by atoms with Gasteiger partial charge in [0.1, 0.15) is 17.3 Å². The minimum absolute atomic E-state index is 0.140. The molecule has 0 spiro atoms. The molecular formula is C26H20Cl3NO5. The van der Waals surface area contributed by atoms with Crippen LogP contribution in [0.4, 0.5) is 5.69 Å². The van der Waals surface area contributed by atoms with Crippen LogP contribution in [0.3, 0.4) is 0 Å². The van der Waals surface area contributed by atoms with Crippen LogP contribution in [0.25, 0.3) is 5.76 Å². The molecule has 0 aromatic heterocycles. The van der Waals surface area contributed by atoms with E-state index in [0.29, 0.717) is 16.3 Å². The number of anilines is 1. The van der Waals surface area contributed by atoms with Crippen molar-refractivity contribution in [3.8, 4) is 11.5 Å². The summed E-state index contributed by atoms with van der Waals surface area (Å²) in [5.41, 5.74) is 1.87. The molecule has 0 saturated carbocycles. The molecule has 1 aliphatic rings. The highest BCUT2D eigenvalue weighted by Gasteiger charge is 2.47. The number of carbonyl (C=O) groups is 2. The summed E-state index contributed by atoms with van der Waals surface area (Å²) >= 11 is 18.6. The van der Waals surface area contributed by atoms with Crippen LogP contribution in [0.15, 0.2) is 60.2 Å². The summed E-state index contributed by atoms with van der Waals surface area (Å²) in [6.07, 6.45) is 0. The molecule has 1 aliphatic heterocycles. The Labute approximate surface area is 217 Å². The van der Waals surface area contributed by atoms with Crippen molar-refractivity contribution < 1.29 is 24.2 Å². The molecule has 9 heteroatoms. The molecule has 1 unspecified atom stereocenters. The molecule has 1 amide bonds. The number of ketones is 1. The van der Waals surface area contributed by atoms with E-state index >= 15 is 0 Å². The molecule has 1 fully saturated rings. The summed E-state index contributed by atoms with van der Waals surface area (Å²) in [4.78, 5) is 28.0. The maximum absolute atomic E-state index is 13.4. The molecule has 3 aromatic rings. The topological polar surface area (TPSA) is 76.1 Å². The monoisotopic (exact) mass is 531 g/mol. The Morgan fingerprint density at radius 1 is 0.886 bits per heavy atom. The minimum Gasteiger partial charge on any atom is -0.507 e. The number of aliphatic hydroxyl groups excluding tert-OH is 1. The van der Waals surface area contributed by atoms with Crippen LogP contribution in [0.1, 0.15) is 22.7 Å². The van der Waals surface area contributed by atoms with E-state index in [9.17, 15) is 14.7 Å². The van der Waals surface area contributed by atoms with E-state index in [1.807, 2.05) is 13.0 Å². The van der Waals surface area contributed by atoms with Gasteiger partial charge >= 0.3 is 0 Å². The predicted molar refractivity (Wildman–Crippen MR) is 137 cm³/mol. The fourth-order valence-electron chi connectivity index (χ4n) is 4.07. The van der Waals surface area contributed by atoms with Crippen molar-refractivity contribution in [2.24, 2.45) is 0 Å². The quantitative estimate of drug-likeness (QED) is 0.228. The van der Waals surface area contributed by atoms with Gasteiger partial charge in [-0.15, -0.1) is 0 Å². The van der Waals surface area contributed by atoms with E-state index in [1.54, 1.807) is 36.4 Å². The number of Topliss-reactive ketones (excluding diaryl/α,β-unsaturated/α-hetero) is 1. The largest absolute Gasteiger partial charge is 0.507 e. The van der Waals surface area contributed by atoms with Gasteiger partial charge in [-0.25, -0.2) is 0 Å². The second-order valence-electron chi connectivity index (χ2n) is 7.87. The SMILES string of the molecule is COc1cc(/C(O)=C2\C(=O)C(=O)N(c3cccc(C)c3)C2c2ccc(Cl)c(Cl)c2)c(OC)cc1Cl. The van der Waals surface area contributed by atoms with E-state index in [4.69, 9.17) is 44.3 Å². The van der Waals surface area contributed by atoms with Crippen LogP contribution < -0.4 is 14.4 Å². The first-order valence-corrected chi connectivity index (χ1v) is 11.6. The summed E-state index contributed by atoms with van der Waals surface area (Å²) in [6.45, 7) is 1.87. The lowest BCUT2D eigenvalue weighted by Gasteiger charge is -2.26. The molecule has 1 atom stereocenters. The van der Waals surface area contributed by atoms with Gasteiger partial charge in [0.25, 0.3) is 11.7 Å². The number of hydrogen-bond donors (Lipinski definition) is 1. The number of benzene rings is 3. The van der Waals surface area contributed by atoms with Crippen molar-refractivity contribution in [2.45, 2.75) is 13.0 Å². The third-order valence-electron chi connectivity index (χ3n) is 5.71. The molecular weight excluding hydrogens is 513 g/mol. The highest BCUT2D eigenvalue weighted by Crippen LogP contribution is 2.45. The summed E-state index contributed by atoms with van der Waals surface area (Å²) < 4.78 is 10.7. The number of nitrogens with zero attached hydrogens (tertiary/aromatic N) is 1. The van der Waals surface area contributed by atoms with Crippen molar-refractivity contribution in [1.29, 1.82) is 0 Å². The first-order chi connectivity index (χ1) is 16.7. The number of aryl methyl sites for hydroxylation is 1. The van der Waals surface area contributed by atoms with E-state index in [0.717, 1.165) is 5.56 Å². The average molecular weight is 533 g/mol. The second-order valence-corrected chi connectivity index (χ2v) is 9.09. The van der Waals surface area contributed by atoms with Gasteiger partial charge in [-0.2, -0.15) is 0 Å². The number of rotatable bonds is 5. The first-order valence-electron chi connectivity index (χ1n) is 10.4. The molecule has 1 heterocycles. The third-order valence-corrected chi connectivity index (χ3v) is 6.75. The Hall–Kier alpha value is -3.19. The van der Waals surface area contributed by atoms with Gasteiger partial charge in [0.15, 0.2) is 0 Å². The molecule has 180 valence electrons. The molecule has 4 rings (SSSR count). The van der Waals surface area contributed by atoms with Gasteiger partial charge in [-0.05, 0) is 48.4 Å². The predicted octanol–water partition coefficient (Wildman–Crippen LogP) is 6.60. The summed E-state index contributed by atoms with van der Waals surface area (Å²) in [5, 5.41) is 12.3. The molecule has 35 heavy (non-hydrogen) atoms. The maximum Gasteiger partial charge on any atom is 0.300 e. The van der Waals surface area contributed by atoms with Gasteiger partial charge in [-0.1, -0.05) is 53.0 Å². The normalized spacial score (nSPS) is 17.1. The van der Waals surface area contributed by atoms with Gasteiger partial charge in [0.2, 0.25) is 0 Å². The van der Waals surface area contributed by atoms with Crippen molar-refractivity contribution >= 4 is 57.9 Å². The first kappa shape index (κ1) is 24.9. The van der Waals surface area contributed by atoms with Crippen LogP contribution >= 0.6 is 34.8 Å². The number of ether oxygens (including phenoxy) is 2. The Kier molecular flexibility index (Phi) is 6.99. The maximum atomic E-state index is 13.4. The van der Waals surface area contributed by atoms with Crippen molar-refractivity contribution in [2.75, 3.05) is 19.1 Å². The summed E-state index contributed by atoms with van der Waals surface area (Å²) in [5.74, 6) is -1.65. The van der Waals surface area contributed by atoms with Crippen molar-refractivity contribution in [3.63, 3.8) is 0 Å². The number of aliphatic hydroxyl groups is 1. The zero-order chi connectivity index (χ0) is 25.4. The molecule has 0 aliphatic carbocycles. The summed E-state index contributed by atoms with van der Waals surface area (Å²) in [6, 6.07) is 13.9. The Bertz CT molecular complexity index is 1390. The van der Waals surface area contributed by atoms with Crippen LogP contribution in [-0.4, -0.2) is 31.0 Å². The number of methoxy groups -OCH3 is 2. The van der Waals surface area contributed by atoms with E-state index in [2.05, 4.69) is 0 Å². The zero-order valence-corrected chi connectivity index (χ0v) is 21.2. The van der Waals surface area contributed by atoms with Crippen molar-refractivity contribution in [1.82, 2.24) is 0 Å². The molecule has 1 saturated heterocycles. The fourth-order valence-corrected chi connectivity index (χ4v) is 4.60. The minimum atomic E-state index is -0.988. The van der Waals surface area contributed by atoms with Gasteiger partial charge in [-0.3, -0.25) is 14.5 Å². The zero-order valence-electron chi connectivity index (χ0n) is 18.9. The van der Waals surface area contributed by atoms with Gasteiger partial charge in [0, 0.05) is 11.8 Å². The average Bonchev–Trinajstić information content (AvgIpc) is 3.10. The number of hydrogen-bond acceptors (Lipinski definition) is 5. The van der Waals surface area contributed by atoms with E-state index in [-0.39, 0.29) is 32.7 Å². The molecule has 0 radical (unpaired) electrons. The number of amides is 1. The molecule has 1 N–H and O–H groups in total. The van der Waals surface area contributed by atoms with Gasteiger partial charge in [0.05, 0.1) is 46.5 Å². The van der Waals surface area contributed by atoms with Crippen LogP contribution in [0.2, 0.25) is 15.1 Å². The van der Waals surface area contributed by atoms with E-state index in [1.165, 1.54) is 31.3 Å². The van der Waals surface area contributed by atoms with Crippen molar-refractivity contribution in [3.05, 3.63) is 91.9 Å². The van der Waals surface area contributed by atoms with Crippen LogP contribution in [0, 0.1) is 6.92 Å². The lowest BCUT2D eigenvalue weighted by molar-refractivity contribution is -0.132. The highest BCUT2D eigenvalue weighted by molar-refractivity contribution is 6.52. The lowest BCUT2D eigenvalue weighted by atomic mass is 9.94. The molecule has 3 aromatic carbocycles. The Balaban J connectivity index is 2.02.